The lowest BCUT2D eigenvalue weighted by molar-refractivity contribution is -0.137. The van der Waals surface area contributed by atoms with Gasteiger partial charge in [0.15, 0.2) is 0 Å². The molecule has 7 heteroatoms. The molecule has 0 bridgehead atoms. The van der Waals surface area contributed by atoms with Gasteiger partial charge < -0.3 is 5.11 Å². The summed E-state index contributed by atoms with van der Waals surface area (Å²) in [5.41, 5.74) is 6.30. The second-order valence-corrected chi connectivity index (χ2v) is 9.31. The Morgan fingerprint density at radius 1 is 1.08 bits per heavy atom. The van der Waals surface area contributed by atoms with E-state index in [2.05, 4.69) is 18.1 Å². The van der Waals surface area contributed by atoms with Gasteiger partial charge in [0, 0.05) is 17.5 Å². The van der Waals surface area contributed by atoms with Crippen LogP contribution in [0.15, 0.2) is 67.9 Å². The van der Waals surface area contributed by atoms with Crippen molar-refractivity contribution in [3.63, 3.8) is 0 Å². The minimum absolute atomic E-state index is 0.141. The normalized spacial score (nSPS) is 13.3. The molecule has 0 fully saturated rings. The number of pyridine rings is 1. The average Bonchev–Trinajstić information content (AvgIpc) is 3.31. The molecule has 0 spiro atoms. The Labute approximate surface area is 219 Å². The Hall–Kier alpha value is -3.38. The Bertz CT molecular complexity index is 1360. The molecule has 2 aromatic carbocycles. The number of hydrogen-bond donors (Lipinski definition) is 1. The summed E-state index contributed by atoms with van der Waals surface area (Å²) in [5, 5.41) is 10.2. The van der Waals surface area contributed by atoms with Crippen molar-refractivity contribution in [2.75, 3.05) is 0 Å². The Kier molecular flexibility index (Phi) is 8.98. The maximum atomic E-state index is 13.8. The highest BCUT2D eigenvalue weighted by atomic mass is 35.5. The third-order valence-electron chi connectivity index (χ3n) is 6.26. The first-order valence-corrected chi connectivity index (χ1v) is 12.1. The van der Waals surface area contributed by atoms with E-state index in [9.17, 15) is 22.7 Å². The Balaban J connectivity index is 0.000000233. The fraction of sp³-hybridized carbons (Fsp3) is 0.233. The predicted molar refractivity (Wildman–Crippen MR) is 143 cm³/mol. The van der Waals surface area contributed by atoms with Crippen molar-refractivity contribution in [2.24, 2.45) is 0 Å². The zero-order valence-electron chi connectivity index (χ0n) is 20.7. The first-order chi connectivity index (χ1) is 17.4. The van der Waals surface area contributed by atoms with Crippen LogP contribution in [0.5, 0.6) is 0 Å². The van der Waals surface area contributed by atoms with Crippen molar-refractivity contribution in [3.8, 4) is 0 Å². The van der Waals surface area contributed by atoms with Crippen LogP contribution in [0.2, 0.25) is 5.02 Å². The van der Waals surface area contributed by atoms with Crippen LogP contribution in [-0.4, -0.2) is 10.1 Å². The van der Waals surface area contributed by atoms with E-state index in [1.54, 1.807) is 31.3 Å². The third-order valence-corrected chi connectivity index (χ3v) is 6.46. The van der Waals surface area contributed by atoms with Crippen LogP contribution in [0.25, 0.3) is 16.9 Å². The topological polar surface area (TPSA) is 33.1 Å². The summed E-state index contributed by atoms with van der Waals surface area (Å²) < 4.78 is 50.6. The van der Waals surface area contributed by atoms with Crippen LogP contribution in [0.1, 0.15) is 58.3 Å². The molecule has 0 amide bonds. The molecule has 1 aliphatic rings. The van der Waals surface area contributed by atoms with Gasteiger partial charge in [-0.25, -0.2) is 4.39 Å². The molecule has 37 heavy (non-hydrogen) atoms. The second kappa shape index (κ2) is 11.8. The standard InChI is InChI=1S/C19H17ClFNO.C11H11F3/c1-11-17(9-14(20)10-22-11)16-5-3-4-15(16)13-6-7-19(21)18(8-13)12(2)23;1-3-4-9-5-6-10(7-8(9)2)11(12,13)14/h6-10,23H,2-5H2,1H3;3,5-7H,1,4H2,2H3. The average molecular weight is 530 g/mol. The SMILES string of the molecule is C=C(O)c1cc(C2=C(c3cc(Cl)cnc3C)CCC2)ccc1F.C=CCc1ccc(C(F)(F)F)cc1C. The highest BCUT2D eigenvalue weighted by Crippen LogP contribution is 2.41. The minimum atomic E-state index is -4.25. The maximum Gasteiger partial charge on any atom is 0.416 e. The van der Waals surface area contributed by atoms with Gasteiger partial charge in [-0.05, 0) is 97.7 Å². The predicted octanol–water partition coefficient (Wildman–Crippen LogP) is 9.55. The molecule has 0 saturated carbocycles. The number of aliphatic hydroxyl groups excluding tert-OH is 1. The molecule has 3 aromatic rings. The number of nitrogens with zero attached hydrogens (tertiary/aromatic N) is 1. The summed E-state index contributed by atoms with van der Waals surface area (Å²) in [6.07, 6.45) is 2.54. The Morgan fingerprint density at radius 2 is 1.78 bits per heavy atom. The van der Waals surface area contributed by atoms with Crippen molar-refractivity contribution in [2.45, 2.75) is 45.7 Å². The molecule has 194 valence electrons. The summed E-state index contributed by atoms with van der Waals surface area (Å²) in [5.74, 6) is -0.730. The summed E-state index contributed by atoms with van der Waals surface area (Å²) in [7, 11) is 0. The summed E-state index contributed by atoms with van der Waals surface area (Å²) in [6.45, 7) is 10.6. The van der Waals surface area contributed by atoms with Crippen molar-refractivity contribution in [3.05, 3.63) is 118 Å². The largest absolute Gasteiger partial charge is 0.508 e. The fourth-order valence-corrected chi connectivity index (χ4v) is 4.52. The van der Waals surface area contributed by atoms with Crippen LogP contribution in [0.4, 0.5) is 17.6 Å². The van der Waals surface area contributed by atoms with Crippen molar-refractivity contribution < 1.29 is 22.7 Å². The van der Waals surface area contributed by atoms with Gasteiger partial charge in [-0.1, -0.05) is 36.4 Å². The van der Waals surface area contributed by atoms with Gasteiger partial charge in [0.05, 0.1) is 16.1 Å². The molecule has 1 aromatic heterocycles. The van der Waals surface area contributed by atoms with E-state index in [1.807, 2.05) is 13.0 Å². The van der Waals surface area contributed by atoms with Gasteiger partial charge in [0.1, 0.15) is 11.6 Å². The molecule has 0 radical (unpaired) electrons. The third kappa shape index (κ3) is 6.89. The quantitative estimate of drug-likeness (QED) is 0.203. The molecule has 0 atom stereocenters. The van der Waals surface area contributed by atoms with E-state index in [1.165, 1.54) is 23.8 Å². The molecular formula is C30H28ClF4NO. The highest BCUT2D eigenvalue weighted by molar-refractivity contribution is 6.30. The highest BCUT2D eigenvalue weighted by Gasteiger charge is 2.30. The molecule has 2 nitrogen and oxygen atoms in total. The Morgan fingerprint density at radius 3 is 2.41 bits per heavy atom. The van der Waals surface area contributed by atoms with Crippen molar-refractivity contribution >= 4 is 28.5 Å². The maximum absolute atomic E-state index is 13.8. The molecule has 4 rings (SSSR count). The lowest BCUT2D eigenvalue weighted by atomic mass is 9.95. The number of rotatable bonds is 5. The number of aromatic nitrogens is 1. The van der Waals surface area contributed by atoms with E-state index >= 15 is 0 Å². The number of benzene rings is 2. The van der Waals surface area contributed by atoms with Crippen molar-refractivity contribution in [1.29, 1.82) is 0 Å². The molecule has 0 aliphatic heterocycles. The van der Waals surface area contributed by atoms with Gasteiger partial charge in [0.25, 0.3) is 0 Å². The molecule has 1 aliphatic carbocycles. The fourth-order valence-electron chi connectivity index (χ4n) is 4.36. The van der Waals surface area contributed by atoms with Gasteiger partial charge in [-0.3, -0.25) is 4.98 Å². The molecule has 1 heterocycles. The van der Waals surface area contributed by atoms with Crippen LogP contribution in [-0.2, 0) is 12.6 Å². The zero-order valence-corrected chi connectivity index (χ0v) is 21.5. The summed E-state index contributed by atoms with van der Waals surface area (Å²) in [6, 6.07) is 10.5. The van der Waals surface area contributed by atoms with Crippen LogP contribution in [0, 0.1) is 19.7 Å². The van der Waals surface area contributed by atoms with Gasteiger partial charge in [-0.15, -0.1) is 6.58 Å². The van der Waals surface area contributed by atoms with Gasteiger partial charge in [-0.2, -0.15) is 13.2 Å². The number of aryl methyl sites for hydroxylation is 2. The summed E-state index contributed by atoms with van der Waals surface area (Å²) >= 11 is 6.10. The van der Waals surface area contributed by atoms with Crippen LogP contribution < -0.4 is 0 Å². The number of alkyl halides is 3. The monoisotopic (exact) mass is 529 g/mol. The van der Waals surface area contributed by atoms with Gasteiger partial charge >= 0.3 is 6.18 Å². The van der Waals surface area contributed by atoms with Crippen LogP contribution in [0.3, 0.4) is 0 Å². The molecular weight excluding hydrogens is 502 g/mol. The van der Waals surface area contributed by atoms with E-state index in [0.717, 1.165) is 53.3 Å². The number of allylic oxidation sites excluding steroid dienone is 3. The van der Waals surface area contributed by atoms with Crippen molar-refractivity contribution in [1.82, 2.24) is 4.98 Å². The van der Waals surface area contributed by atoms with E-state index in [0.29, 0.717) is 17.0 Å². The molecule has 1 N–H and O–H groups in total. The smallest absolute Gasteiger partial charge is 0.416 e. The van der Waals surface area contributed by atoms with Gasteiger partial charge in [0.2, 0.25) is 0 Å². The number of halogens is 5. The first-order valence-electron chi connectivity index (χ1n) is 11.7. The van der Waals surface area contributed by atoms with E-state index in [-0.39, 0.29) is 11.3 Å². The number of hydrogen-bond acceptors (Lipinski definition) is 2. The van der Waals surface area contributed by atoms with Crippen LogP contribution >= 0.6 is 11.6 Å². The lowest BCUT2D eigenvalue weighted by Gasteiger charge is -2.12. The molecule has 0 unspecified atom stereocenters. The second-order valence-electron chi connectivity index (χ2n) is 8.87. The minimum Gasteiger partial charge on any atom is -0.508 e. The lowest BCUT2D eigenvalue weighted by Crippen LogP contribution is -2.05. The first kappa shape index (κ1) is 28.2. The number of aliphatic hydroxyl groups is 1. The van der Waals surface area contributed by atoms with E-state index in [4.69, 9.17) is 11.6 Å². The molecule has 0 saturated heterocycles. The zero-order chi connectivity index (χ0) is 27.3. The summed E-state index contributed by atoms with van der Waals surface area (Å²) in [4.78, 5) is 4.33. The van der Waals surface area contributed by atoms with E-state index < -0.39 is 17.6 Å².